The Hall–Kier alpha value is -1.46. The van der Waals surface area contributed by atoms with Crippen molar-refractivity contribution in [1.29, 1.82) is 0 Å². The second kappa shape index (κ2) is 8.25. The molecule has 0 aromatic heterocycles. The minimum atomic E-state index is 0.357. The van der Waals surface area contributed by atoms with Gasteiger partial charge in [-0.25, -0.2) is 0 Å². The predicted molar refractivity (Wildman–Crippen MR) is 84.8 cm³/mol. The number of methoxy groups -OCH3 is 4. The van der Waals surface area contributed by atoms with Crippen LogP contribution in [-0.4, -0.2) is 40.6 Å². The maximum atomic E-state index is 5.62. The van der Waals surface area contributed by atoms with Crippen LogP contribution in [0.4, 0.5) is 0 Å². The number of benzene rings is 1. The van der Waals surface area contributed by atoms with Gasteiger partial charge in [0.25, 0.3) is 0 Å². The highest BCUT2D eigenvalue weighted by Crippen LogP contribution is 2.38. The average molecular weight is 310 g/mol. The number of hydrogen-bond donors (Lipinski definition) is 1. The van der Waals surface area contributed by atoms with E-state index in [1.165, 1.54) is 19.3 Å². The minimum Gasteiger partial charge on any atom is -0.493 e. The molecule has 2 atom stereocenters. The largest absolute Gasteiger partial charge is 0.493 e. The van der Waals surface area contributed by atoms with Crippen molar-refractivity contribution in [2.75, 3.05) is 28.4 Å². The Morgan fingerprint density at radius 2 is 1.59 bits per heavy atom. The third kappa shape index (κ3) is 3.84. The second-order valence-electron chi connectivity index (χ2n) is 5.70. The molecule has 0 aliphatic heterocycles. The summed E-state index contributed by atoms with van der Waals surface area (Å²) in [4.78, 5) is 0. The molecule has 0 heterocycles. The van der Waals surface area contributed by atoms with Crippen molar-refractivity contribution >= 4 is 0 Å². The molecular formula is C17H28NO4+. The molecule has 0 spiro atoms. The molecule has 0 bridgehead atoms. The zero-order valence-corrected chi connectivity index (χ0v) is 14.1. The smallest absolute Gasteiger partial charge is 0.203 e. The summed E-state index contributed by atoms with van der Waals surface area (Å²) < 4.78 is 21.8. The fourth-order valence-electron chi connectivity index (χ4n) is 3.23. The number of quaternary nitrogens is 1. The first kappa shape index (κ1) is 16.9. The quantitative estimate of drug-likeness (QED) is 0.833. The molecule has 1 aliphatic rings. The summed E-state index contributed by atoms with van der Waals surface area (Å²) >= 11 is 0. The molecule has 2 rings (SSSR count). The first-order chi connectivity index (χ1) is 10.7. The van der Waals surface area contributed by atoms with Gasteiger partial charge in [-0.1, -0.05) is 6.42 Å². The van der Waals surface area contributed by atoms with Gasteiger partial charge in [-0.2, -0.15) is 0 Å². The Bertz CT molecular complexity index is 453. The highest BCUT2D eigenvalue weighted by atomic mass is 16.5. The van der Waals surface area contributed by atoms with Crippen LogP contribution in [0.1, 0.15) is 31.2 Å². The van der Waals surface area contributed by atoms with Gasteiger partial charge in [-0.05, 0) is 25.0 Å². The Morgan fingerprint density at radius 1 is 0.955 bits per heavy atom. The van der Waals surface area contributed by atoms with E-state index in [4.69, 9.17) is 18.9 Å². The van der Waals surface area contributed by atoms with E-state index >= 15 is 0 Å². The molecule has 1 saturated carbocycles. The molecule has 5 nitrogen and oxygen atoms in total. The van der Waals surface area contributed by atoms with E-state index in [2.05, 4.69) is 5.32 Å². The lowest BCUT2D eigenvalue weighted by molar-refractivity contribution is -0.713. The first-order valence-electron chi connectivity index (χ1n) is 7.88. The highest BCUT2D eigenvalue weighted by molar-refractivity contribution is 5.53. The van der Waals surface area contributed by atoms with Gasteiger partial charge in [0, 0.05) is 19.1 Å². The molecule has 1 aromatic carbocycles. The summed E-state index contributed by atoms with van der Waals surface area (Å²) in [6.45, 7) is 0.876. The Kier molecular flexibility index (Phi) is 6.34. The van der Waals surface area contributed by atoms with Crippen molar-refractivity contribution in [2.45, 2.75) is 44.4 Å². The molecule has 0 unspecified atom stereocenters. The van der Waals surface area contributed by atoms with Crippen LogP contribution in [0.25, 0.3) is 0 Å². The van der Waals surface area contributed by atoms with E-state index in [1.807, 2.05) is 19.2 Å². The summed E-state index contributed by atoms with van der Waals surface area (Å²) in [7, 11) is 6.73. The third-order valence-corrected chi connectivity index (χ3v) is 4.44. The summed E-state index contributed by atoms with van der Waals surface area (Å²) in [5.41, 5.74) is 1.16. The SMILES string of the molecule is COc1cc(C[NH2+][C@H]2CCCC[C@@H]2OC)cc(OC)c1OC. The number of nitrogens with two attached hydrogens (primary N) is 1. The Morgan fingerprint density at radius 3 is 2.14 bits per heavy atom. The van der Waals surface area contributed by atoms with Crippen LogP contribution < -0.4 is 19.5 Å². The monoisotopic (exact) mass is 310 g/mol. The van der Waals surface area contributed by atoms with E-state index in [-0.39, 0.29) is 0 Å². The zero-order valence-electron chi connectivity index (χ0n) is 14.1. The molecule has 0 amide bonds. The normalized spacial score (nSPS) is 21.5. The van der Waals surface area contributed by atoms with Crippen molar-refractivity contribution in [1.82, 2.24) is 0 Å². The predicted octanol–water partition coefficient (Wildman–Crippen LogP) is 1.73. The lowest BCUT2D eigenvalue weighted by Gasteiger charge is -2.28. The topological polar surface area (TPSA) is 53.5 Å². The highest BCUT2D eigenvalue weighted by Gasteiger charge is 2.27. The van der Waals surface area contributed by atoms with Gasteiger partial charge in [0.1, 0.15) is 18.7 Å². The summed E-state index contributed by atoms with van der Waals surface area (Å²) in [5.74, 6) is 2.05. The third-order valence-electron chi connectivity index (χ3n) is 4.44. The van der Waals surface area contributed by atoms with E-state index in [9.17, 15) is 0 Å². The van der Waals surface area contributed by atoms with Crippen LogP contribution in [0.3, 0.4) is 0 Å². The van der Waals surface area contributed by atoms with Gasteiger partial charge < -0.3 is 24.3 Å². The standard InChI is InChI=1S/C17H27NO4/c1-19-14-8-6-5-7-13(14)18-11-12-9-15(20-2)17(22-4)16(10-12)21-3/h9-10,13-14,18H,5-8,11H2,1-4H3/p+1/t13-,14-/m0/s1. The molecule has 0 saturated heterocycles. The summed E-state index contributed by atoms with van der Waals surface area (Å²) in [6, 6.07) is 4.56. The molecule has 1 fully saturated rings. The van der Waals surface area contributed by atoms with Crippen LogP contribution in [0.15, 0.2) is 12.1 Å². The van der Waals surface area contributed by atoms with Crippen molar-refractivity contribution in [3.63, 3.8) is 0 Å². The van der Waals surface area contributed by atoms with E-state index in [0.29, 0.717) is 29.4 Å². The van der Waals surface area contributed by atoms with E-state index in [1.54, 1.807) is 21.3 Å². The van der Waals surface area contributed by atoms with Crippen LogP contribution >= 0.6 is 0 Å². The van der Waals surface area contributed by atoms with Crippen molar-refractivity contribution < 1.29 is 24.3 Å². The minimum absolute atomic E-state index is 0.357. The van der Waals surface area contributed by atoms with Gasteiger partial charge in [0.15, 0.2) is 11.5 Å². The van der Waals surface area contributed by atoms with Gasteiger partial charge in [0.05, 0.1) is 21.3 Å². The molecule has 2 N–H and O–H groups in total. The lowest BCUT2D eigenvalue weighted by Crippen LogP contribution is -2.91. The number of ether oxygens (including phenoxy) is 4. The zero-order chi connectivity index (χ0) is 15.9. The summed E-state index contributed by atoms with van der Waals surface area (Å²) in [6.07, 6.45) is 5.29. The van der Waals surface area contributed by atoms with E-state index in [0.717, 1.165) is 18.5 Å². The Labute approximate surface area is 132 Å². The maximum Gasteiger partial charge on any atom is 0.203 e. The van der Waals surface area contributed by atoms with Crippen molar-refractivity contribution in [3.8, 4) is 17.2 Å². The molecule has 124 valence electrons. The molecule has 1 aromatic rings. The van der Waals surface area contributed by atoms with Crippen molar-refractivity contribution in [2.24, 2.45) is 0 Å². The van der Waals surface area contributed by atoms with Gasteiger partial charge >= 0.3 is 0 Å². The van der Waals surface area contributed by atoms with E-state index < -0.39 is 0 Å². The van der Waals surface area contributed by atoms with Crippen LogP contribution in [-0.2, 0) is 11.3 Å². The van der Waals surface area contributed by atoms with Crippen molar-refractivity contribution in [3.05, 3.63) is 17.7 Å². The maximum absolute atomic E-state index is 5.62. The first-order valence-corrected chi connectivity index (χ1v) is 7.88. The van der Waals surface area contributed by atoms with Gasteiger partial charge in [-0.15, -0.1) is 0 Å². The van der Waals surface area contributed by atoms with Gasteiger partial charge in [-0.3, -0.25) is 0 Å². The van der Waals surface area contributed by atoms with Crippen LogP contribution in [0.5, 0.6) is 17.2 Å². The molecule has 5 heteroatoms. The average Bonchev–Trinajstić information content (AvgIpc) is 2.58. The Balaban J connectivity index is 2.09. The number of hydrogen-bond acceptors (Lipinski definition) is 4. The van der Waals surface area contributed by atoms with Gasteiger partial charge in [0.2, 0.25) is 5.75 Å². The fraction of sp³-hybridized carbons (Fsp3) is 0.647. The molecular weight excluding hydrogens is 282 g/mol. The fourth-order valence-corrected chi connectivity index (χ4v) is 3.23. The molecule has 0 radical (unpaired) electrons. The van der Waals surface area contributed by atoms with Crippen LogP contribution in [0.2, 0.25) is 0 Å². The van der Waals surface area contributed by atoms with Crippen LogP contribution in [0, 0.1) is 0 Å². The second-order valence-corrected chi connectivity index (χ2v) is 5.70. The summed E-state index contributed by atoms with van der Waals surface area (Å²) in [5, 5.41) is 2.37. The lowest BCUT2D eigenvalue weighted by atomic mass is 9.92. The molecule has 22 heavy (non-hydrogen) atoms. The number of rotatable bonds is 7. The molecule has 1 aliphatic carbocycles.